The van der Waals surface area contributed by atoms with Gasteiger partial charge >= 0.3 is 5.97 Å². The summed E-state index contributed by atoms with van der Waals surface area (Å²) >= 11 is 0. The molecule has 0 saturated heterocycles. The summed E-state index contributed by atoms with van der Waals surface area (Å²) in [5.74, 6) is -0.179. The number of nitrogens with two attached hydrogens (primary N) is 1. The molecule has 0 spiro atoms. The van der Waals surface area contributed by atoms with Crippen LogP contribution in [0.1, 0.15) is 68.6 Å². The minimum absolute atomic E-state index is 0.127. The molecule has 0 aliphatic carbocycles. The highest BCUT2D eigenvalue weighted by molar-refractivity contribution is 5.95. The Morgan fingerprint density at radius 3 is 2.43 bits per heavy atom. The number of primary amides is 1. The van der Waals surface area contributed by atoms with Crippen LogP contribution in [0.3, 0.4) is 0 Å². The van der Waals surface area contributed by atoms with Crippen molar-refractivity contribution in [2.45, 2.75) is 58.3 Å². The molecule has 0 atom stereocenters. The molecule has 8 nitrogen and oxygen atoms in total. The Bertz CT molecular complexity index is 1150. The third-order valence-electron chi connectivity index (χ3n) is 5.64. The number of aromatic nitrogens is 2. The van der Waals surface area contributed by atoms with Crippen molar-refractivity contribution in [3.63, 3.8) is 0 Å². The number of carboxylic acid groups (broad SMARTS) is 1. The lowest BCUT2D eigenvalue weighted by Crippen LogP contribution is -2.09. The van der Waals surface area contributed by atoms with E-state index >= 15 is 0 Å². The molecule has 0 saturated carbocycles. The molecule has 0 unspecified atom stereocenters. The Morgan fingerprint density at radius 2 is 1.69 bits per heavy atom. The average molecular weight is 480 g/mol. The Balaban J connectivity index is 1.62. The van der Waals surface area contributed by atoms with Gasteiger partial charge in [-0.1, -0.05) is 38.7 Å². The monoisotopic (exact) mass is 479 g/mol. The molecule has 1 aromatic heterocycles. The zero-order chi connectivity index (χ0) is 25.0. The van der Waals surface area contributed by atoms with Gasteiger partial charge < -0.3 is 20.3 Å². The second kappa shape index (κ2) is 13.3. The molecule has 0 fully saturated rings. The van der Waals surface area contributed by atoms with Crippen molar-refractivity contribution in [2.24, 2.45) is 5.73 Å². The number of unbranched alkanes of at least 4 members (excludes halogenated alkanes) is 5. The van der Waals surface area contributed by atoms with Crippen LogP contribution in [-0.2, 0) is 4.79 Å². The first-order chi connectivity index (χ1) is 17.0. The van der Waals surface area contributed by atoms with Gasteiger partial charge in [0.1, 0.15) is 23.4 Å². The van der Waals surface area contributed by atoms with Gasteiger partial charge in [0.05, 0.1) is 24.4 Å². The molecule has 2 aromatic carbocycles. The Morgan fingerprint density at radius 1 is 0.914 bits per heavy atom. The van der Waals surface area contributed by atoms with E-state index in [4.69, 9.17) is 15.2 Å². The number of aromatic carboxylic acids is 1. The van der Waals surface area contributed by atoms with Gasteiger partial charge in [-0.3, -0.25) is 4.79 Å². The minimum atomic E-state index is -1.03. The highest BCUT2D eigenvalue weighted by Crippen LogP contribution is 2.32. The van der Waals surface area contributed by atoms with Gasteiger partial charge in [-0.2, -0.15) is 0 Å². The summed E-state index contributed by atoms with van der Waals surface area (Å²) in [4.78, 5) is 31.1. The van der Waals surface area contributed by atoms with Crippen molar-refractivity contribution in [1.82, 2.24) is 9.97 Å². The SMILES string of the molecule is CCCOc1cc(-c2ncnc3cc(OCCCCCCCCC(N)=O)ccc23)ccc1C(=O)O. The zero-order valence-corrected chi connectivity index (χ0v) is 20.2. The summed E-state index contributed by atoms with van der Waals surface area (Å²) in [5.41, 5.74) is 7.49. The number of nitrogens with zero attached hydrogens (tertiary/aromatic N) is 2. The smallest absolute Gasteiger partial charge is 0.339 e. The molecule has 1 amide bonds. The third-order valence-corrected chi connectivity index (χ3v) is 5.64. The first-order valence-electron chi connectivity index (χ1n) is 12.2. The largest absolute Gasteiger partial charge is 0.494 e. The Labute approximate surface area is 205 Å². The van der Waals surface area contributed by atoms with Crippen LogP contribution in [0.2, 0.25) is 0 Å². The van der Waals surface area contributed by atoms with Gasteiger partial charge in [0.2, 0.25) is 5.91 Å². The fourth-order valence-electron chi connectivity index (χ4n) is 3.83. The van der Waals surface area contributed by atoms with E-state index in [1.165, 1.54) is 6.33 Å². The Hall–Kier alpha value is -3.68. The van der Waals surface area contributed by atoms with E-state index in [1.54, 1.807) is 18.2 Å². The molecule has 3 aromatic rings. The predicted octanol–water partition coefficient (Wildman–Crippen LogP) is 5.38. The van der Waals surface area contributed by atoms with E-state index < -0.39 is 5.97 Å². The van der Waals surface area contributed by atoms with Gasteiger partial charge in [0, 0.05) is 23.4 Å². The maximum Gasteiger partial charge on any atom is 0.339 e. The minimum Gasteiger partial charge on any atom is -0.494 e. The number of rotatable bonds is 15. The van der Waals surface area contributed by atoms with E-state index in [1.807, 2.05) is 25.1 Å². The van der Waals surface area contributed by atoms with E-state index in [9.17, 15) is 14.7 Å². The van der Waals surface area contributed by atoms with Gasteiger partial charge in [0.25, 0.3) is 0 Å². The van der Waals surface area contributed by atoms with Crippen molar-refractivity contribution >= 4 is 22.8 Å². The molecule has 0 aliphatic rings. The van der Waals surface area contributed by atoms with Crippen molar-refractivity contribution in [3.05, 3.63) is 48.3 Å². The summed E-state index contributed by atoms with van der Waals surface area (Å²) < 4.78 is 11.6. The van der Waals surface area contributed by atoms with Gasteiger partial charge in [0.15, 0.2) is 0 Å². The first-order valence-corrected chi connectivity index (χ1v) is 12.2. The van der Waals surface area contributed by atoms with E-state index in [0.29, 0.717) is 31.1 Å². The quantitative estimate of drug-likeness (QED) is 0.280. The van der Waals surface area contributed by atoms with Crippen molar-refractivity contribution < 1.29 is 24.2 Å². The van der Waals surface area contributed by atoms with E-state index in [0.717, 1.165) is 67.2 Å². The Kier molecular flexibility index (Phi) is 9.83. The van der Waals surface area contributed by atoms with Gasteiger partial charge in [-0.05, 0) is 43.5 Å². The molecular formula is C27H33N3O5. The van der Waals surface area contributed by atoms with Gasteiger partial charge in [-0.15, -0.1) is 0 Å². The topological polar surface area (TPSA) is 125 Å². The van der Waals surface area contributed by atoms with Crippen LogP contribution in [-0.4, -0.2) is 40.2 Å². The lowest BCUT2D eigenvalue weighted by atomic mass is 10.0. The number of ether oxygens (including phenoxy) is 2. The highest BCUT2D eigenvalue weighted by atomic mass is 16.5. The molecule has 0 radical (unpaired) electrons. The maximum atomic E-state index is 11.6. The lowest BCUT2D eigenvalue weighted by molar-refractivity contribution is -0.118. The van der Waals surface area contributed by atoms with Crippen molar-refractivity contribution in [2.75, 3.05) is 13.2 Å². The molecular weight excluding hydrogens is 446 g/mol. The van der Waals surface area contributed by atoms with E-state index in [2.05, 4.69) is 9.97 Å². The number of carbonyl (C=O) groups is 2. The molecule has 1 heterocycles. The maximum absolute atomic E-state index is 11.6. The molecule has 186 valence electrons. The summed E-state index contributed by atoms with van der Waals surface area (Å²) in [7, 11) is 0. The highest BCUT2D eigenvalue weighted by Gasteiger charge is 2.15. The number of benzene rings is 2. The molecule has 3 N–H and O–H groups in total. The lowest BCUT2D eigenvalue weighted by Gasteiger charge is -2.12. The molecule has 8 heteroatoms. The number of amides is 1. The number of carbonyl (C=O) groups excluding carboxylic acids is 1. The second-order valence-corrected chi connectivity index (χ2v) is 8.45. The van der Waals surface area contributed by atoms with Crippen LogP contribution >= 0.6 is 0 Å². The van der Waals surface area contributed by atoms with Crippen LogP contribution in [0.25, 0.3) is 22.2 Å². The molecule has 3 rings (SSSR count). The van der Waals surface area contributed by atoms with Crippen molar-refractivity contribution in [3.8, 4) is 22.8 Å². The van der Waals surface area contributed by atoms with Crippen molar-refractivity contribution in [1.29, 1.82) is 0 Å². The normalized spacial score (nSPS) is 10.9. The summed E-state index contributed by atoms with van der Waals surface area (Å²) in [6.45, 7) is 3.03. The second-order valence-electron chi connectivity index (χ2n) is 8.45. The van der Waals surface area contributed by atoms with Crippen LogP contribution in [0.15, 0.2) is 42.7 Å². The fraction of sp³-hybridized carbons (Fsp3) is 0.407. The number of hydrogen-bond donors (Lipinski definition) is 2. The predicted molar refractivity (Wildman–Crippen MR) is 135 cm³/mol. The number of carboxylic acids is 1. The summed E-state index contributed by atoms with van der Waals surface area (Å²) in [6.07, 6.45) is 8.88. The summed E-state index contributed by atoms with van der Waals surface area (Å²) in [6, 6.07) is 10.7. The first kappa shape index (κ1) is 25.9. The number of fused-ring (bicyclic) bond motifs is 1. The molecule has 0 bridgehead atoms. The van der Waals surface area contributed by atoms with E-state index in [-0.39, 0.29) is 11.5 Å². The van der Waals surface area contributed by atoms with Crippen LogP contribution in [0.5, 0.6) is 11.5 Å². The number of hydrogen-bond acceptors (Lipinski definition) is 6. The fourth-order valence-corrected chi connectivity index (χ4v) is 3.83. The standard InChI is InChI=1S/C27H33N3O5/c1-2-14-35-24-16-19(10-12-22(24)27(32)33)26-21-13-11-20(17-23(21)29-18-30-26)34-15-8-6-4-3-5-7-9-25(28)31/h10-13,16-18H,2-9,14-15H2,1H3,(H2,28,31)(H,32,33). The van der Waals surface area contributed by atoms with Crippen LogP contribution < -0.4 is 15.2 Å². The van der Waals surface area contributed by atoms with Crippen LogP contribution in [0, 0.1) is 0 Å². The average Bonchev–Trinajstić information content (AvgIpc) is 2.85. The summed E-state index contributed by atoms with van der Waals surface area (Å²) in [5, 5.41) is 10.3. The molecule has 35 heavy (non-hydrogen) atoms. The molecule has 0 aliphatic heterocycles. The third kappa shape index (κ3) is 7.67. The zero-order valence-electron chi connectivity index (χ0n) is 20.2. The van der Waals surface area contributed by atoms with Crippen LogP contribution in [0.4, 0.5) is 0 Å². The van der Waals surface area contributed by atoms with Gasteiger partial charge in [-0.25, -0.2) is 14.8 Å².